The van der Waals surface area contributed by atoms with Gasteiger partial charge in [0, 0.05) is 0 Å². The average Bonchev–Trinajstić information content (AvgIpc) is 3.34. The van der Waals surface area contributed by atoms with E-state index in [-0.39, 0.29) is 63.6 Å². The van der Waals surface area contributed by atoms with E-state index in [9.17, 15) is 53.1 Å². The predicted octanol–water partition coefficient (Wildman–Crippen LogP) is -1.41. The van der Waals surface area contributed by atoms with Crippen molar-refractivity contribution in [2.75, 3.05) is 26.2 Å². The van der Waals surface area contributed by atoms with Crippen molar-refractivity contribution in [1.82, 2.24) is 47.9 Å². The van der Waals surface area contributed by atoms with Crippen LogP contribution in [0.2, 0.25) is 0 Å². The summed E-state index contributed by atoms with van der Waals surface area (Å²) in [5, 5.41) is 34.4. The van der Waals surface area contributed by atoms with Gasteiger partial charge in [0.2, 0.25) is 53.2 Å². The standard InChI is InChI=1S/C51H94N12O12/c1-13-29(10)38-24-39(65)55-32(16-19-52)43(66)62-41(30(11)14-2)49(72)57-34(18-21-54)45(68)63-42(31(12)15-3)50(73)59-35(22-26(4)5)46(69)56-33(17-20-53)44(67)61-40(28(8)9)48(71)58-36(23-27(6)7)47(70)60-37(25-64)51(74)75-38/h26-38,40-42,64H,13-25,52-54H2,1-12H3,(H,55,65)(H,56,69)(H,57,72)(H,58,71)(H,59,73)(H,60,70)(H,61,67)(H,62,66)(H,63,68). The number of esters is 1. The quantitative estimate of drug-likeness (QED) is 0.0702. The van der Waals surface area contributed by atoms with Crippen LogP contribution in [0, 0.1) is 35.5 Å². The molecule has 24 nitrogen and oxygen atoms in total. The second kappa shape index (κ2) is 34.3. The largest absolute Gasteiger partial charge is 0.460 e. The first-order chi connectivity index (χ1) is 35.2. The molecule has 75 heavy (non-hydrogen) atoms. The van der Waals surface area contributed by atoms with Crippen molar-refractivity contribution >= 4 is 59.1 Å². The van der Waals surface area contributed by atoms with Crippen molar-refractivity contribution in [2.24, 2.45) is 52.7 Å². The lowest BCUT2D eigenvalue weighted by Gasteiger charge is -2.31. The molecule has 24 heteroatoms. The van der Waals surface area contributed by atoms with Gasteiger partial charge in [0.25, 0.3) is 0 Å². The summed E-state index contributed by atoms with van der Waals surface area (Å²) in [7, 11) is 0. The summed E-state index contributed by atoms with van der Waals surface area (Å²) in [6, 6.07) is -11.8. The van der Waals surface area contributed by atoms with Crippen LogP contribution < -0.4 is 65.1 Å². The van der Waals surface area contributed by atoms with Crippen molar-refractivity contribution < 1.29 is 57.8 Å². The topological polar surface area (TPSA) is 386 Å². The van der Waals surface area contributed by atoms with E-state index in [2.05, 4.69) is 47.9 Å². The number of nitrogens with two attached hydrogens (primary N) is 3. The monoisotopic (exact) mass is 1070 g/mol. The van der Waals surface area contributed by atoms with E-state index in [1.165, 1.54) is 0 Å². The first-order valence-corrected chi connectivity index (χ1v) is 26.9. The van der Waals surface area contributed by atoms with Gasteiger partial charge in [-0.25, -0.2) is 4.79 Å². The first-order valence-electron chi connectivity index (χ1n) is 26.9. The third-order valence-electron chi connectivity index (χ3n) is 13.5. The van der Waals surface area contributed by atoms with Crippen LogP contribution in [0.5, 0.6) is 0 Å². The molecule has 0 aliphatic carbocycles. The number of rotatable bonds is 18. The maximum Gasteiger partial charge on any atom is 0.331 e. The highest BCUT2D eigenvalue weighted by Gasteiger charge is 2.38. The van der Waals surface area contributed by atoms with Crippen molar-refractivity contribution in [1.29, 1.82) is 0 Å². The van der Waals surface area contributed by atoms with Crippen LogP contribution in [0.1, 0.15) is 141 Å². The molecule has 1 heterocycles. The minimum Gasteiger partial charge on any atom is -0.460 e. The van der Waals surface area contributed by atoms with Crippen LogP contribution >= 0.6 is 0 Å². The fourth-order valence-corrected chi connectivity index (χ4v) is 8.21. The van der Waals surface area contributed by atoms with Crippen molar-refractivity contribution in [3.63, 3.8) is 0 Å². The van der Waals surface area contributed by atoms with Gasteiger partial charge >= 0.3 is 5.97 Å². The average molecular weight is 1070 g/mol. The van der Waals surface area contributed by atoms with Crippen LogP contribution in [0.25, 0.3) is 0 Å². The van der Waals surface area contributed by atoms with Gasteiger partial charge in [-0.1, -0.05) is 102 Å². The summed E-state index contributed by atoms with van der Waals surface area (Å²) < 4.78 is 5.77. The number of ether oxygens (including phenoxy) is 1. The van der Waals surface area contributed by atoms with Crippen molar-refractivity contribution in [3.05, 3.63) is 0 Å². The number of carbonyl (C=O) groups is 10. The van der Waals surface area contributed by atoms with E-state index >= 15 is 0 Å². The Bertz CT molecular complexity index is 1890. The summed E-state index contributed by atoms with van der Waals surface area (Å²) >= 11 is 0. The lowest BCUT2D eigenvalue weighted by atomic mass is 9.95. The Balaban J connectivity index is 4.04. The van der Waals surface area contributed by atoms with E-state index in [4.69, 9.17) is 21.9 Å². The Morgan fingerprint density at radius 1 is 0.440 bits per heavy atom. The zero-order valence-corrected chi connectivity index (χ0v) is 46.6. The molecule has 1 saturated heterocycles. The highest BCUT2D eigenvalue weighted by molar-refractivity contribution is 5.98. The summed E-state index contributed by atoms with van der Waals surface area (Å²) in [5.74, 6) is -10.4. The number of aliphatic hydroxyl groups is 1. The fraction of sp³-hybridized carbons (Fsp3) is 0.804. The second-order valence-corrected chi connectivity index (χ2v) is 21.1. The van der Waals surface area contributed by atoms with Gasteiger partial charge in [-0.15, -0.1) is 0 Å². The van der Waals surface area contributed by atoms with Gasteiger partial charge in [-0.3, -0.25) is 43.2 Å². The summed E-state index contributed by atoms with van der Waals surface area (Å²) in [6.45, 7) is 19.9. The highest BCUT2D eigenvalue weighted by Crippen LogP contribution is 2.18. The first kappa shape index (κ1) is 67.6. The molecule has 13 atom stereocenters. The molecule has 0 aromatic carbocycles. The highest BCUT2D eigenvalue weighted by atomic mass is 16.5. The van der Waals surface area contributed by atoms with E-state index in [0.29, 0.717) is 19.3 Å². The number of nitrogens with one attached hydrogen (secondary N) is 9. The molecule has 0 saturated carbocycles. The fourth-order valence-electron chi connectivity index (χ4n) is 8.21. The maximum atomic E-state index is 14.3. The van der Waals surface area contributed by atoms with Crippen LogP contribution in [0.3, 0.4) is 0 Å². The number of cyclic esters (lactones) is 1. The Labute approximate surface area is 443 Å². The van der Waals surface area contributed by atoms with Gasteiger partial charge in [0.05, 0.1) is 13.0 Å². The molecule has 430 valence electrons. The smallest absolute Gasteiger partial charge is 0.331 e. The van der Waals surface area contributed by atoms with Gasteiger partial charge in [0.15, 0.2) is 6.04 Å². The third kappa shape index (κ3) is 22.7. The van der Waals surface area contributed by atoms with E-state index in [1.807, 2.05) is 13.8 Å². The molecule has 0 bridgehead atoms. The molecule has 0 aromatic heterocycles. The number of carbonyl (C=O) groups excluding carboxylic acids is 10. The number of amides is 9. The zero-order valence-electron chi connectivity index (χ0n) is 46.6. The molecular formula is C51H94N12O12. The summed E-state index contributed by atoms with van der Waals surface area (Å²) in [4.78, 5) is 140. The van der Waals surface area contributed by atoms with Crippen molar-refractivity contribution in [2.45, 2.75) is 201 Å². The van der Waals surface area contributed by atoms with E-state index in [0.717, 1.165) is 0 Å². The molecular weight excluding hydrogens is 973 g/mol. The van der Waals surface area contributed by atoms with E-state index in [1.54, 1.807) is 69.2 Å². The predicted molar refractivity (Wildman–Crippen MR) is 282 cm³/mol. The Kier molecular flexibility index (Phi) is 30.9. The third-order valence-corrected chi connectivity index (χ3v) is 13.5. The Morgan fingerprint density at radius 2 is 0.760 bits per heavy atom. The van der Waals surface area contributed by atoms with Crippen LogP contribution in [-0.2, 0) is 52.7 Å². The molecule has 1 rings (SSSR count). The van der Waals surface area contributed by atoms with Crippen molar-refractivity contribution in [3.8, 4) is 0 Å². The second-order valence-electron chi connectivity index (χ2n) is 21.1. The molecule has 9 amide bonds. The lowest BCUT2D eigenvalue weighted by molar-refractivity contribution is -0.158. The molecule has 0 aromatic rings. The number of hydrogen-bond donors (Lipinski definition) is 13. The SMILES string of the molecule is CCC(C)C1CC(=O)NC(CCN)C(=O)NC(C(C)CC)C(=O)NC(CCN)C(=O)NC(C(C)CC)C(=O)NC(CC(C)C)C(=O)NC(CCN)C(=O)NC(C(C)C)C(=O)NC(CC(C)C)C(=O)NC(CO)C(=O)O1. The number of hydrogen-bond acceptors (Lipinski definition) is 15. The van der Waals surface area contributed by atoms with E-state index < -0.39 is 156 Å². The van der Waals surface area contributed by atoms with Gasteiger partial charge in [0.1, 0.15) is 54.4 Å². The normalized spacial score (nSPS) is 27.7. The lowest BCUT2D eigenvalue weighted by Crippen LogP contribution is -2.62. The summed E-state index contributed by atoms with van der Waals surface area (Å²) in [5.41, 5.74) is 17.7. The molecule has 1 aliphatic rings. The molecule has 13 unspecified atom stereocenters. The minimum absolute atomic E-state index is 0.0597. The van der Waals surface area contributed by atoms with Gasteiger partial charge in [-0.2, -0.15) is 0 Å². The van der Waals surface area contributed by atoms with Gasteiger partial charge in [-0.05, 0) is 87.2 Å². The molecule has 0 radical (unpaired) electrons. The Hall–Kier alpha value is -5.46. The molecule has 16 N–H and O–H groups in total. The molecule has 1 aliphatic heterocycles. The van der Waals surface area contributed by atoms with Crippen LogP contribution in [-0.4, -0.2) is 151 Å². The Morgan fingerprint density at radius 3 is 1.11 bits per heavy atom. The number of aliphatic hydroxyl groups excluding tert-OH is 1. The van der Waals surface area contributed by atoms with Crippen LogP contribution in [0.4, 0.5) is 0 Å². The molecule has 0 spiro atoms. The van der Waals surface area contributed by atoms with Crippen LogP contribution in [0.15, 0.2) is 0 Å². The zero-order chi connectivity index (χ0) is 57.3. The minimum atomic E-state index is -1.65. The summed E-state index contributed by atoms with van der Waals surface area (Å²) in [6.07, 6.45) is -0.430. The molecule has 1 fully saturated rings. The van der Waals surface area contributed by atoms with Gasteiger partial charge < -0.3 is 74.9 Å². The maximum absolute atomic E-state index is 14.3.